The van der Waals surface area contributed by atoms with E-state index in [-0.39, 0.29) is 18.3 Å². The second kappa shape index (κ2) is 8.88. The summed E-state index contributed by atoms with van der Waals surface area (Å²) < 4.78 is 7.40. The average molecular weight is 408 g/mol. The molecule has 158 valence electrons. The first-order valence-corrected chi connectivity index (χ1v) is 10.5. The van der Waals surface area contributed by atoms with Crippen LogP contribution in [0.5, 0.6) is 5.75 Å². The number of hydrogen-bond acceptors (Lipinski definition) is 4. The van der Waals surface area contributed by atoms with Gasteiger partial charge in [0.15, 0.2) is 0 Å². The van der Waals surface area contributed by atoms with E-state index in [4.69, 9.17) is 9.72 Å². The number of methoxy groups -OCH3 is 1. The van der Waals surface area contributed by atoms with E-state index in [0.717, 1.165) is 55.1 Å². The third-order valence-corrected chi connectivity index (χ3v) is 6.30. The summed E-state index contributed by atoms with van der Waals surface area (Å²) in [4.78, 5) is 18.7. The molecule has 30 heavy (non-hydrogen) atoms. The first-order chi connectivity index (χ1) is 14.5. The standard InChI is InChI=1S/C24H29N3O3/c1-26-22-6-4-3-5-21(22)25-23(26)13-19-16-27(12-11-18(19)14-24(28)29)15-17-7-9-20(30-2)10-8-17/h3-10,18-19H,11-16H2,1-2H3,(H,28,29)/t18-,19-/m0/s1. The third-order valence-electron chi connectivity index (χ3n) is 6.30. The number of carboxylic acid groups (broad SMARTS) is 1. The van der Waals surface area contributed by atoms with Gasteiger partial charge in [-0.25, -0.2) is 4.98 Å². The number of nitrogens with zero attached hydrogens (tertiary/aromatic N) is 3. The zero-order chi connectivity index (χ0) is 21.1. The number of para-hydroxylation sites is 2. The molecule has 1 aliphatic rings. The lowest BCUT2D eigenvalue weighted by Crippen LogP contribution is -2.42. The zero-order valence-corrected chi connectivity index (χ0v) is 17.6. The molecule has 2 heterocycles. The lowest BCUT2D eigenvalue weighted by molar-refractivity contribution is -0.139. The van der Waals surface area contributed by atoms with E-state index in [0.29, 0.717) is 0 Å². The molecule has 0 aliphatic carbocycles. The first-order valence-electron chi connectivity index (χ1n) is 10.5. The maximum Gasteiger partial charge on any atom is 0.303 e. The van der Waals surface area contributed by atoms with Crippen LogP contribution in [0.2, 0.25) is 0 Å². The highest BCUT2D eigenvalue weighted by molar-refractivity contribution is 5.75. The van der Waals surface area contributed by atoms with E-state index in [1.165, 1.54) is 5.56 Å². The smallest absolute Gasteiger partial charge is 0.303 e. The van der Waals surface area contributed by atoms with Gasteiger partial charge in [0.1, 0.15) is 11.6 Å². The predicted octanol–water partition coefficient (Wildman–Crippen LogP) is 3.74. The topological polar surface area (TPSA) is 67.6 Å². The zero-order valence-electron chi connectivity index (χ0n) is 17.6. The maximum absolute atomic E-state index is 11.5. The van der Waals surface area contributed by atoms with Crippen molar-refractivity contribution in [1.82, 2.24) is 14.5 Å². The number of carbonyl (C=O) groups is 1. The fourth-order valence-electron chi connectivity index (χ4n) is 4.63. The molecule has 1 fully saturated rings. The second-order valence-electron chi connectivity index (χ2n) is 8.27. The fourth-order valence-corrected chi connectivity index (χ4v) is 4.63. The Morgan fingerprint density at radius 3 is 2.63 bits per heavy atom. The maximum atomic E-state index is 11.5. The molecule has 0 bridgehead atoms. The number of aromatic nitrogens is 2. The number of ether oxygens (including phenoxy) is 1. The highest BCUT2D eigenvalue weighted by Gasteiger charge is 2.32. The van der Waals surface area contributed by atoms with Gasteiger partial charge < -0.3 is 14.4 Å². The van der Waals surface area contributed by atoms with Crippen molar-refractivity contribution in [3.05, 3.63) is 59.9 Å². The first kappa shape index (κ1) is 20.4. The van der Waals surface area contributed by atoms with Crippen molar-refractivity contribution in [2.24, 2.45) is 18.9 Å². The molecule has 0 amide bonds. The van der Waals surface area contributed by atoms with Gasteiger partial charge in [-0.2, -0.15) is 0 Å². The van der Waals surface area contributed by atoms with Crippen molar-refractivity contribution in [2.45, 2.75) is 25.8 Å². The van der Waals surface area contributed by atoms with Crippen LogP contribution in [0.3, 0.4) is 0 Å². The second-order valence-corrected chi connectivity index (χ2v) is 8.27. The number of hydrogen-bond donors (Lipinski definition) is 1. The summed E-state index contributed by atoms with van der Waals surface area (Å²) in [5, 5.41) is 9.42. The molecular formula is C24H29N3O3. The van der Waals surface area contributed by atoms with Crippen molar-refractivity contribution in [3.8, 4) is 5.75 Å². The summed E-state index contributed by atoms with van der Waals surface area (Å²) in [7, 11) is 3.72. The Morgan fingerprint density at radius 1 is 1.17 bits per heavy atom. The Labute approximate surface area is 177 Å². The Kier molecular flexibility index (Phi) is 6.04. The van der Waals surface area contributed by atoms with Gasteiger partial charge in [0.25, 0.3) is 0 Å². The Bertz CT molecular complexity index is 1010. The molecule has 0 radical (unpaired) electrons. The van der Waals surface area contributed by atoms with Crippen LogP contribution in [-0.2, 0) is 24.8 Å². The molecule has 3 aromatic rings. The van der Waals surface area contributed by atoms with Crippen molar-refractivity contribution >= 4 is 17.0 Å². The normalized spacial score (nSPS) is 19.8. The van der Waals surface area contributed by atoms with Gasteiger partial charge in [-0.15, -0.1) is 0 Å². The summed E-state index contributed by atoms with van der Waals surface area (Å²) >= 11 is 0. The van der Waals surface area contributed by atoms with E-state index in [9.17, 15) is 9.90 Å². The molecule has 1 saturated heterocycles. The van der Waals surface area contributed by atoms with Crippen molar-refractivity contribution < 1.29 is 14.6 Å². The van der Waals surface area contributed by atoms with Crippen LogP contribution in [0.4, 0.5) is 0 Å². The number of aryl methyl sites for hydroxylation is 1. The summed E-state index contributed by atoms with van der Waals surface area (Å²) in [5.41, 5.74) is 3.36. The lowest BCUT2D eigenvalue weighted by Gasteiger charge is -2.38. The number of likely N-dealkylation sites (tertiary alicyclic amines) is 1. The number of carboxylic acids is 1. The summed E-state index contributed by atoms with van der Waals surface area (Å²) in [5.74, 6) is 1.62. The molecular weight excluding hydrogens is 378 g/mol. The van der Waals surface area contributed by atoms with Crippen LogP contribution in [0.25, 0.3) is 11.0 Å². The van der Waals surface area contributed by atoms with E-state index in [1.807, 2.05) is 30.3 Å². The molecule has 2 aromatic carbocycles. The van der Waals surface area contributed by atoms with Crippen molar-refractivity contribution in [2.75, 3.05) is 20.2 Å². The van der Waals surface area contributed by atoms with Crippen LogP contribution in [0.1, 0.15) is 24.2 Å². The quantitative estimate of drug-likeness (QED) is 0.646. The van der Waals surface area contributed by atoms with Crippen LogP contribution in [0.15, 0.2) is 48.5 Å². The number of benzene rings is 2. The van der Waals surface area contributed by atoms with Gasteiger partial charge in [0.05, 0.1) is 18.1 Å². The van der Waals surface area contributed by atoms with Crippen LogP contribution < -0.4 is 4.74 Å². The molecule has 4 rings (SSSR count). The molecule has 1 N–H and O–H groups in total. The Morgan fingerprint density at radius 2 is 1.93 bits per heavy atom. The minimum absolute atomic E-state index is 0.175. The van der Waals surface area contributed by atoms with Gasteiger partial charge in [0, 0.05) is 33.0 Å². The molecule has 0 spiro atoms. The van der Waals surface area contributed by atoms with Gasteiger partial charge in [0.2, 0.25) is 0 Å². The molecule has 1 aromatic heterocycles. The number of aliphatic carboxylic acids is 1. The number of fused-ring (bicyclic) bond motifs is 1. The summed E-state index contributed by atoms with van der Waals surface area (Å²) in [6, 6.07) is 16.3. The van der Waals surface area contributed by atoms with Crippen LogP contribution in [-0.4, -0.2) is 45.7 Å². The van der Waals surface area contributed by atoms with Gasteiger partial charge >= 0.3 is 5.97 Å². The number of imidazole rings is 1. The molecule has 0 saturated carbocycles. The summed E-state index contributed by atoms with van der Waals surface area (Å²) in [6.45, 7) is 2.67. The van der Waals surface area contributed by atoms with E-state index >= 15 is 0 Å². The Balaban J connectivity index is 1.51. The Hall–Kier alpha value is -2.86. The lowest BCUT2D eigenvalue weighted by atomic mass is 9.81. The largest absolute Gasteiger partial charge is 0.497 e. The SMILES string of the molecule is COc1ccc(CN2CC[C@@H](CC(=O)O)[C@@H](Cc3nc4ccccc4n3C)C2)cc1. The van der Waals surface area contributed by atoms with Crippen LogP contribution >= 0.6 is 0 Å². The van der Waals surface area contributed by atoms with Crippen molar-refractivity contribution in [1.29, 1.82) is 0 Å². The van der Waals surface area contributed by atoms with Crippen molar-refractivity contribution in [3.63, 3.8) is 0 Å². The summed E-state index contributed by atoms with van der Waals surface area (Å²) in [6.07, 6.45) is 1.92. The third kappa shape index (κ3) is 4.49. The minimum atomic E-state index is -0.710. The van der Waals surface area contributed by atoms with E-state index in [2.05, 4.69) is 34.7 Å². The monoisotopic (exact) mass is 407 g/mol. The molecule has 6 nitrogen and oxygen atoms in total. The van der Waals surface area contributed by atoms with Gasteiger partial charge in [-0.1, -0.05) is 24.3 Å². The fraction of sp³-hybridized carbons (Fsp3) is 0.417. The number of piperidine rings is 1. The van der Waals surface area contributed by atoms with Gasteiger partial charge in [-0.3, -0.25) is 9.69 Å². The number of rotatable bonds is 7. The highest BCUT2D eigenvalue weighted by Crippen LogP contribution is 2.31. The predicted molar refractivity (Wildman–Crippen MR) is 117 cm³/mol. The average Bonchev–Trinajstić information content (AvgIpc) is 3.06. The molecule has 6 heteroatoms. The molecule has 1 aliphatic heterocycles. The molecule has 0 unspecified atom stereocenters. The van der Waals surface area contributed by atoms with E-state index in [1.54, 1.807) is 7.11 Å². The minimum Gasteiger partial charge on any atom is -0.497 e. The van der Waals surface area contributed by atoms with Crippen LogP contribution in [0, 0.1) is 11.8 Å². The highest BCUT2D eigenvalue weighted by atomic mass is 16.5. The molecule has 2 atom stereocenters. The van der Waals surface area contributed by atoms with E-state index < -0.39 is 5.97 Å². The van der Waals surface area contributed by atoms with Gasteiger partial charge in [-0.05, 0) is 54.6 Å².